The van der Waals surface area contributed by atoms with E-state index >= 15 is 0 Å². The third-order valence-electron chi connectivity index (χ3n) is 2.73. The first-order chi connectivity index (χ1) is 8.56. The van der Waals surface area contributed by atoms with Crippen LogP contribution in [-0.4, -0.2) is 21.4 Å². The van der Waals surface area contributed by atoms with Crippen molar-refractivity contribution in [2.75, 3.05) is 0 Å². The number of hydrogen-bond acceptors (Lipinski definition) is 5. The Morgan fingerprint density at radius 1 is 1.44 bits per heavy atom. The van der Waals surface area contributed by atoms with Gasteiger partial charge >= 0.3 is 0 Å². The Morgan fingerprint density at radius 3 is 2.89 bits per heavy atom. The molecule has 0 bridgehead atoms. The molecule has 2 rings (SSSR count). The molecule has 5 nitrogen and oxygen atoms in total. The Labute approximate surface area is 106 Å². The smallest absolute Gasteiger partial charge is 0.246 e. The van der Waals surface area contributed by atoms with E-state index in [1.54, 1.807) is 6.92 Å². The van der Waals surface area contributed by atoms with Crippen LogP contribution in [0.4, 0.5) is 0 Å². The molecular weight excluding hydrogens is 230 g/mol. The Balaban J connectivity index is 2.11. The number of rotatable bonds is 4. The molecule has 0 amide bonds. The van der Waals surface area contributed by atoms with Gasteiger partial charge in [0.15, 0.2) is 5.82 Å². The molecule has 18 heavy (non-hydrogen) atoms. The standard InChI is InChI=1S/C13H17N3O2/c1-8-4-3-5-10(6-8)7-11-15-13(18-16-11)12(14)9(2)17/h3-6,9,12,17H,7,14H2,1-2H3/t9-,12+/m1/s1. The maximum absolute atomic E-state index is 9.36. The molecule has 2 atom stereocenters. The van der Waals surface area contributed by atoms with Gasteiger partial charge in [0.2, 0.25) is 5.89 Å². The maximum atomic E-state index is 9.36. The van der Waals surface area contributed by atoms with Crippen LogP contribution in [-0.2, 0) is 6.42 Å². The average molecular weight is 247 g/mol. The van der Waals surface area contributed by atoms with E-state index < -0.39 is 12.1 Å². The second-order valence-electron chi connectivity index (χ2n) is 4.48. The normalized spacial score (nSPS) is 14.4. The van der Waals surface area contributed by atoms with Crippen LogP contribution in [0.1, 0.15) is 35.8 Å². The highest BCUT2D eigenvalue weighted by Gasteiger charge is 2.19. The lowest BCUT2D eigenvalue weighted by Crippen LogP contribution is -2.23. The summed E-state index contributed by atoms with van der Waals surface area (Å²) >= 11 is 0. The van der Waals surface area contributed by atoms with E-state index in [2.05, 4.69) is 16.2 Å². The molecular formula is C13H17N3O2. The Hall–Kier alpha value is -1.72. The Morgan fingerprint density at radius 2 is 2.22 bits per heavy atom. The van der Waals surface area contributed by atoms with Crippen LogP contribution in [0.2, 0.25) is 0 Å². The molecule has 0 spiro atoms. The summed E-state index contributed by atoms with van der Waals surface area (Å²) in [5.41, 5.74) is 8.03. The summed E-state index contributed by atoms with van der Waals surface area (Å²) in [6, 6.07) is 7.48. The van der Waals surface area contributed by atoms with Crippen molar-refractivity contribution >= 4 is 0 Å². The van der Waals surface area contributed by atoms with Crippen molar-refractivity contribution in [2.45, 2.75) is 32.4 Å². The first kappa shape index (κ1) is 12.7. The second-order valence-corrected chi connectivity index (χ2v) is 4.48. The molecule has 0 aliphatic heterocycles. The van der Waals surface area contributed by atoms with Crippen LogP contribution in [0, 0.1) is 6.92 Å². The van der Waals surface area contributed by atoms with Crippen LogP contribution in [0.25, 0.3) is 0 Å². The summed E-state index contributed by atoms with van der Waals surface area (Å²) in [5, 5.41) is 13.2. The first-order valence-electron chi connectivity index (χ1n) is 5.88. The molecule has 0 saturated carbocycles. The highest BCUT2D eigenvalue weighted by Crippen LogP contribution is 2.14. The summed E-state index contributed by atoms with van der Waals surface area (Å²) in [4.78, 5) is 4.19. The average Bonchev–Trinajstić information content (AvgIpc) is 2.76. The molecule has 1 aromatic heterocycles. The summed E-state index contributed by atoms with van der Waals surface area (Å²) < 4.78 is 5.04. The van der Waals surface area contributed by atoms with Crippen molar-refractivity contribution < 1.29 is 9.63 Å². The third-order valence-corrected chi connectivity index (χ3v) is 2.73. The zero-order valence-electron chi connectivity index (χ0n) is 10.5. The lowest BCUT2D eigenvalue weighted by molar-refractivity contribution is 0.146. The largest absolute Gasteiger partial charge is 0.391 e. The van der Waals surface area contributed by atoms with Gasteiger partial charge in [0, 0.05) is 6.42 Å². The van der Waals surface area contributed by atoms with E-state index in [1.807, 2.05) is 25.1 Å². The van der Waals surface area contributed by atoms with Crippen molar-refractivity contribution in [3.63, 3.8) is 0 Å². The zero-order valence-corrected chi connectivity index (χ0v) is 10.5. The summed E-state index contributed by atoms with van der Waals surface area (Å²) in [6.07, 6.45) is -0.116. The molecule has 1 aromatic carbocycles. The van der Waals surface area contributed by atoms with Crippen LogP contribution in [0.15, 0.2) is 28.8 Å². The van der Waals surface area contributed by atoms with E-state index in [1.165, 1.54) is 5.56 Å². The molecule has 2 aromatic rings. The molecule has 0 unspecified atom stereocenters. The highest BCUT2D eigenvalue weighted by molar-refractivity contribution is 5.24. The predicted octanol–water partition coefficient (Wildman–Crippen LogP) is 1.35. The van der Waals surface area contributed by atoms with Crippen LogP contribution in [0.5, 0.6) is 0 Å². The number of nitrogens with zero attached hydrogens (tertiary/aromatic N) is 2. The Kier molecular flexibility index (Phi) is 3.74. The molecule has 0 aliphatic rings. The second kappa shape index (κ2) is 5.29. The van der Waals surface area contributed by atoms with Crippen LogP contribution >= 0.6 is 0 Å². The SMILES string of the molecule is Cc1cccc(Cc2noc([C@@H](N)[C@@H](C)O)n2)c1. The first-order valence-corrected chi connectivity index (χ1v) is 5.88. The van der Waals surface area contributed by atoms with Crippen LogP contribution in [0.3, 0.4) is 0 Å². The van der Waals surface area contributed by atoms with Gasteiger partial charge in [-0.3, -0.25) is 0 Å². The number of nitrogens with two attached hydrogens (primary N) is 1. The summed E-state index contributed by atoms with van der Waals surface area (Å²) in [5.74, 6) is 0.847. The topological polar surface area (TPSA) is 85.2 Å². The van der Waals surface area contributed by atoms with Crippen molar-refractivity contribution in [1.29, 1.82) is 0 Å². The van der Waals surface area contributed by atoms with Gasteiger partial charge in [-0.25, -0.2) is 0 Å². The maximum Gasteiger partial charge on any atom is 0.246 e. The molecule has 96 valence electrons. The minimum absolute atomic E-state index is 0.271. The molecule has 0 saturated heterocycles. The minimum Gasteiger partial charge on any atom is -0.391 e. The van der Waals surface area contributed by atoms with E-state index in [4.69, 9.17) is 10.3 Å². The van der Waals surface area contributed by atoms with Gasteiger partial charge in [-0.05, 0) is 19.4 Å². The molecule has 0 aliphatic carbocycles. The van der Waals surface area contributed by atoms with Gasteiger partial charge in [0.1, 0.15) is 6.04 Å². The molecule has 5 heteroatoms. The number of benzene rings is 1. The zero-order chi connectivity index (χ0) is 13.1. The molecule has 0 radical (unpaired) electrons. The van der Waals surface area contributed by atoms with Gasteiger partial charge in [-0.2, -0.15) is 4.98 Å². The summed E-state index contributed by atoms with van der Waals surface area (Å²) in [7, 11) is 0. The molecule has 1 heterocycles. The third kappa shape index (κ3) is 2.94. The molecule has 0 fully saturated rings. The fourth-order valence-corrected chi connectivity index (χ4v) is 1.69. The van der Waals surface area contributed by atoms with Gasteiger partial charge < -0.3 is 15.4 Å². The van der Waals surface area contributed by atoms with Crippen molar-refractivity contribution in [1.82, 2.24) is 10.1 Å². The molecule has 3 N–H and O–H groups in total. The summed E-state index contributed by atoms with van der Waals surface area (Å²) in [6.45, 7) is 3.63. The van der Waals surface area contributed by atoms with Crippen molar-refractivity contribution in [2.24, 2.45) is 5.73 Å². The number of aromatic nitrogens is 2. The fourth-order valence-electron chi connectivity index (χ4n) is 1.69. The van der Waals surface area contributed by atoms with Crippen molar-refractivity contribution in [3.8, 4) is 0 Å². The van der Waals surface area contributed by atoms with Gasteiger partial charge in [0.25, 0.3) is 0 Å². The fraction of sp³-hybridized carbons (Fsp3) is 0.385. The minimum atomic E-state index is -0.711. The van der Waals surface area contributed by atoms with Crippen LogP contribution < -0.4 is 5.73 Å². The predicted molar refractivity (Wildman–Crippen MR) is 66.9 cm³/mol. The van der Waals surface area contributed by atoms with E-state index in [0.29, 0.717) is 12.2 Å². The van der Waals surface area contributed by atoms with Crippen molar-refractivity contribution in [3.05, 3.63) is 47.1 Å². The number of aryl methyl sites for hydroxylation is 1. The Bertz CT molecular complexity index is 522. The number of aliphatic hydroxyl groups is 1. The number of hydrogen-bond donors (Lipinski definition) is 2. The van der Waals surface area contributed by atoms with Gasteiger partial charge in [-0.1, -0.05) is 35.0 Å². The lowest BCUT2D eigenvalue weighted by Gasteiger charge is -2.08. The monoisotopic (exact) mass is 247 g/mol. The quantitative estimate of drug-likeness (QED) is 0.851. The van der Waals surface area contributed by atoms with Gasteiger partial charge in [-0.15, -0.1) is 0 Å². The highest BCUT2D eigenvalue weighted by atomic mass is 16.5. The lowest BCUT2D eigenvalue weighted by atomic mass is 10.1. The van der Waals surface area contributed by atoms with E-state index in [0.717, 1.165) is 5.56 Å². The van der Waals surface area contributed by atoms with Gasteiger partial charge in [0.05, 0.1) is 6.10 Å². The number of aliphatic hydroxyl groups excluding tert-OH is 1. The van der Waals surface area contributed by atoms with E-state index in [-0.39, 0.29) is 5.89 Å². The van der Waals surface area contributed by atoms with E-state index in [9.17, 15) is 5.11 Å².